The molecule has 0 unspecified atom stereocenters. The topological polar surface area (TPSA) is 38.3 Å². The van der Waals surface area contributed by atoms with Crippen LogP contribution in [0.2, 0.25) is 5.02 Å². The SMILES string of the molecule is O=C(COc1ccc(Cl)cc1)NCc1cccc(F)c1. The molecule has 0 fully saturated rings. The summed E-state index contributed by atoms with van der Waals surface area (Å²) in [5.41, 5.74) is 0.699. The highest BCUT2D eigenvalue weighted by Gasteiger charge is 2.03. The molecule has 2 aromatic rings. The number of carbonyl (C=O) groups excluding carboxylic acids is 1. The van der Waals surface area contributed by atoms with Gasteiger partial charge in [0.1, 0.15) is 11.6 Å². The first kappa shape index (κ1) is 14.3. The summed E-state index contributed by atoms with van der Waals surface area (Å²) in [7, 11) is 0. The minimum atomic E-state index is -0.325. The quantitative estimate of drug-likeness (QED) is 0.919. The summed E-state index contributed by atoms with van der Waals surface area (Å²) in [5.74, 6) is -0.0336. The number of rotatable bonds is 5. The fourth-order valence-electron chi connectivity index (χ4n) is 1.58. The van der Waals surface area contributed by atoms with Crippen molar-refractivity contribution in [3.05, 3.63) is 64.9 Å². The zero-order chi connectivity index (χ0) is 14.4. The molecule has 0 radical (unpaired) electrons. The van der Waals surface area contributed by atoms with Crippen LogP contribution in [0, 0.1) is 5.82 Å². The van der Waals surface area contributed by atoms with Gasteiger partial charge in [-0.05, 0) is 42.0 Å². The van der Waals surface area contributed by atoms with Crippen molar-refractivity contribution in [1.29, 1.82) is 0 Å². The number of hydrogen-bond donors (Lipinski definition) is 1. The Morgan fingerprint density at radius 3 is 2.65 bits per heavy atom. The summed E-state index contributed by atoms with van der Waals surface area (Å²) < 4.78 is 18.2. The molecule has 104 valence electrons. The van der Waals surface area contributed by atoms with Gasteiger partial charge in [0.25, 0.3) is 5.91 Å². The molecule has 3 nitrogen and oxygen atoms in total. The maximum absolute atomic E-state index is 12.9. The van der Waals surface area contributed by atoms with Gasteiger partial charge in [-0.25, -0.2) is 4.39 Å². The van der Waals surface area contributed by atoms with Gasteiger partial charge in [0.2, 0.25) is 0 Å². The molecule has 2 aromatic carbocycles. The Morgan fingerprint density at radius 1 is 1.20 bits per heavy atom. The first-order chi connectivity index (χ1) is 9.63. The summed E-state index contributed by atoms with van der Waals surface area (Å²) in [6.07, 6.45) is 0. The lowest BCUT2D eigenvalue weighted by atomic mass is 10.2. The van der Waals surface area contributed by atoms with Crippen LogP contribution in [-0.2, 0) is 11.3 Å². The predicted octanol–water partition coefficient (Wildman–Crippen LogP) is 3.17. The van der Waals surface area contributed by atoms with Crippen LogP contribution in [0.15, 0.2) is 48.5 Å². The molecular weight excluding hydrogens is 281 g/mol. The Labute approximate surface area is 121 Å². The highest BCUT2D eigenvalue weighted by atomic mass is 35.5. The average molecular weight is 294 g/mol. The normalized spacial score (nSPS) is 10.1. The Bertz CT molecular complexity index is 587. The number of nitrogens with one attached hydrogen (secondary N) is 1. The number of ether oxygens (including phenoxy) is 1. The Balaban J connectivity index is 1.77. The molecule has 1 N–H and O–H groups in total. The Kier molecular flexibility index (Phi) is 4.96. The van der Waals surface area contributed by atoms with Gasteiger partial charge >= 0.3 is 0 Å². The first-order valence-corrected chi connectivity index (χ1v) is 6.41. The van der Waals surface area contributed by atoms with Crippen LogP contribution in [0.25, 0.3) is 0 Å². The van der Waals surface area contributed by atoms with Crippen molar-refractivity contribution < 1.29 is 13.9 Å². The molecule has 0 aliphatic heterocycles. The second kappa shape index (κ2) is 6.91. The van der Waals surface area contributed by atoms with Gasteiger partial charge in [0, 0.05) is 11.6 Å². The summed E-state index contributed by atoms with van der Waals surface area (Å²) in [4.78, 5) is 11.6. The van der Waals surface area contributed by atoms with Crippen LogP contribution in [0.3, 0.4) is 0 Å². The molecule has 2 rings (SSSR count). The van der Waals surface area contributed by atoms with Crippen LogP contribution in [0.4, 0.5) is 4.39 Å². The first-order valence-electron chi connectivity index (χ1n) is 6.03. The average Bonchev–Trinajstić information content (AvgIpc) is 2.45. The highest BCUT2D eigenvalue weighted by Crippen LogP contribution is 2.15. The number of benzene rings is 2. The summed E-state index contributed by atoms with van der Waals surface area (Å²) >= 11 is 5.74. The largest absolute Gasteiger partial charge is 0.484 e. The number of halogens is 2. The Hall–Kier alpha value is -2.07. The van der Waals surface area contributed by atoms with Gasteiger partial charge in [0.15, 0.2) is 6.61 Å². The van der Waals surface area contributed by atoms with E-state index < -0.39 is 0 Å². The van der Waals surface area contributed by atoms with Crippen molar-refractivity contribution in [3.63, 3.8) is 0 Å². The van der Waals surface area contributed by atoms with Crippen LogP contribution in [-0.4, -0.2) is 12.5 Å². The number of carbonyl (C=O) groups is 1. The second-order valence-electron chi connectivity index (χ2n) is 4.15. The third-order valence-electron chi connectivity index (χ3n) is 2.56. The van der Waals surface area contributed by atoms with Crippen LogP contribution >= 0.6 is 11.6 Å². The van der Waals surface area contributed by atoms with E-state index in [1.807, 2.05) is 0 Å². The summed E-state index contributed by atoms with van der Waals surface area (Å²) in [5, 5.41) is 3.26. The smallest absolute Gasteiger partial charge is 0.258 e. The summed E-state index contributed by atoms with van der Waals surface area (Å²) in [6.45, 7) is 0.164. The van der Waals surface area contributed by atoms with Crippen molar-refractivity contribution in [2.45, 2.75) is 6.54 Å². The molecule has 0 heterocycles. The molecule has 0 aliphatic rings. The maximum Gasteiger partial charge on any atom is 0.258 e. The third kappa shape index (κ3) is 4.55. The van der Waals surface area contributed by atoms with Crippen molar-refractivity contribution in [2.24, 2.45) is 0 Å². The molecule has 0 saturated heterocycles. The lowest BCUT2D eigenvalue weighted by molar-refractivity contribution is -0.123. The molecular formula is C15H13ClFNO2. The molecule has 0 aromatic heterocycles. The van der Waals surface area contributed by atoms with Crippen molar-refractivity contribution in [2.75, 3.05) is 6.61 Å². The monoisotopic (exact) mass is 293 g/mol. The number of amides is 1. The van der Waals surface area contributed by atoms with Gasteiger partial charge < -0.3 is 10.1 Å². The van der Waals surface area contributed by atoms with Crippen molar-refractivity contribution in [3.8, 4) is 5.75 Å². The molecule has 0 bridgehead atoms. The fourth-order valence-corrected chi connectivity index (χ4v) is 1.70. The fraction of sp³-hybridized carbons (Fsp3) is 0.133. The van der Waals surface area contributed by atoms with E-state index in [2.05, 4.69) is 5.32 Å². The summed E-state index contributed by atoms with van der Waals surface area (Å²) in [6, 6.07) is 12.8. The van der Waals surface area contributed by atoms with E-state index in [-0.39, 0.29) is 24.9 Å². The zero-order valence-electron chi connectivity index (χ0n) is 10.6. The van der Waals surface area contributed by atoms with Crippen LogP contribution < -0.4 is 10.1 Å². The van der Waals surface area contributed by atoms with E-state index in [0.29, 0.717) is 16.3 Å². The van der Waals surface area contributed by atoms with E-state index in [1.54, 1.807) is 36.4 Å². The van der Waals surface area contributed by atoms with Gasteiger partial charge in [-0.1, -0.05) is 23.7 Å². The van der Waals surface area contributed by atoms with Gasteiger partial charge in [-0.3, -0.25) is 4.79 Å². The molecule has 20 heavy (non-hydrogen) atoms. The van der Waals surface area contributed by atoms with Gasteiger partial charge in [0.05, 0.1) is 0 Å². The highest BCUT2D eigenvalue weighted by molar-refractivity contribution is 6.30. The van der Waals surface area contributed by atoms with Crippen LogP contribution in [0.5, 0.6) is 5.75 Å². The second-order valence-corrected chi connectivity index (χ2v) is 4.59. The zero-order valence-corrected chi connectivity index (χ0v) is 11.4. The molecule has 0 spiro atoms. The van der Waals surface area contributed by atoms with Crippen molar-refractivity contribution in [1.82, 2.24) is 5.32 Å². The van der Waals surface area contributed by atoms with E-state index in [4.69, 9.17) is 16.3 Å². The molecule has 0 saturated carbocycles. The minimum absolute atomic E-state index is 0.100. The lowest BCUT2D eigenvalue weighted by Gasteiger charge is -2.07. The number of hydrogen-bond acceptors (Lipinski definition) is 2. The lowest BCUT2D eigenvalue weighted by Crippen LogP contribution is -2.28. The predicted molar refractivity (Wildman–Crippen MR) is 75.2 cm³/mol. The van der Waals surface area contributed by atoms with Crippen LogP contribution in [0.1, 0.15) is 5.56 Å². The van der Waals surface area contributed by atoms with Crippen molar-refractivity contribution >= 4 is 17.5 Å². The van der Waals surface area contributed by atoms with Gasteiger partial charge in [-0.15, -0.1) is 0 Å². The third-order valence-corrected chi connectivity index (χ3v) is 2.81. The van der Waals surface area contributed by atoms with E-state index in [1.165, 1.54) is 12.1 Å². The minimum Gasteiger partial charge on any atom is -0.484 e. The maximum atomic E-state index is 12.9. The van der Waals surface area contributed by atoms with Gasteiger partial charge in [-0.2, -0.15) is 0 Å². The molecule has 1 amide bonds. The van der Waals surface area contributed by atoms with E-state index in [9.17, 15) is 9.18 Å². The van der Waals surface area contributed by atoms with E-state index >= 15 is 0 Å². The standard InChI is InChI=1S/C15H13ClFNO2/c16-12-4-6-14(7-5-12)20-10-15(19)18-9-11-2-1-3-13(17)8-11/h1-8H,9-10H2,(H,18,19). The molecule has 5 heteroatoms. The molecule has 0 aliphatic carbocycles. The molecule has 0 atom stereocenters. The van der Waals surface area contributed by atoms with E-state index in [0.717, 1.165) is 0 Å². The Morgan fingerprint density at radius 2 is 1.95 bits per heavy atom.